The maximum Gasteiger partial charge on any atom is 0.407 e. The Hall–Kier alpha value is -2.21. The zero-order valence-corrected chi connectivity index (χ0v) is 18.3. The summed E-state index contributed by atoms with van der Waals surface area (Å²) in [5.41, 5.74) is 6.03. The number of alkyl carbamates (subject to hydrolysis) is 1. The van der Waals surface area contributed by atoms with E-state index in [-0.39, 0.29) is 11.7 Å². The Balaban J connectivity index is 0.000000211. The number of hydrogen-bond donors (Lipinski definition) is 3. The summed E-state index contributed by atoms with van der Waals surface area (Å²) in [7, 11) is 0. The van der Waals surface area contributed by atoms with Crippen molar-refractivity contribution in [3.8, 4) is 0 Å². The second-order valence-corrected chi connectivity index (χ2v) is 8.59. The molecule has 1 heterocycles. The number of nitrogens with one attached hydrogen (secondary N) is 2. The number of rotatable bonds is 5. The van der Waals surface area contributed by atoms with E-state index in [0.717, 1.165) is 36.6 Å². The Morgan fingerprint density at radius 2 is 1.93 bits per heavy atom. The van der Waals surface area contributed by atoms with Crippen LogP contribution in [0.2, 0.25) is 5.02 Å². The van der Waals surface area contributed by atoms with Gasteiger partial charge in [-0.05, 0) is 57.4 Å². The van der Waals surface area contributed by atoms with Crippen LogP contribution < -0.4 is 11.1 Å². The molecule has 29 heavy (non-hydrogen) atoms. The van der Waals surface area contributed by atoms with Crippen LogP contribution in [0.5, 0.6) is 0 Å². The molecule has 1 saturated carbocycles. The van der Waals surface area contributed by atoms with Gasteiger partial charge in [0.1, 0.15) is 11.3 Å². The summed E-state index contributed by atoms with van der Waals surface area (Å²) in [6.45, 7) is 6.04. The fourth-order valence-electron chi connectivity index (χ4n) is 3.58. The van der Waals surface area contributed by atoms with Crippen LogP contribution in [0.4, 0.5) is 4.79 Å². The minimum Gasteiger partial charge on any atom is -0.444 e. The van der Waals surface area contributed by atoms with Crippen molar-refractivity contribution in [1.82, 2.24) is 10.3 Å². The first-order valence-corrected chi connectivity index (χ1v) is 10.7. The largest absolute Gasteiger partial charge is 0.444 e. The third-order valence-electron chi connectivity index (χ3n) is 5.00. The number of benzene rings is 1. The molecule has 1 fully saturated rings. The second-order valence-electron chi connectivity index (χ2n) is 8.16. The molecule has 7 heteroatoms. The summed E-state index contributed by atoms with van der Waals surface area (Å²) < 4.78 is 5.43. The van der Waals surface area contributed by atoms with E-state index in [0.29, 0.717) is 16.8 Å². The minimum absolute atomic E-state index is 0.245. The van der Waals surface area contributed by atoms with Gasteiger partial charge in [-0.25, -0.2) is 4.79 Å². The molecule has 2 amide bonds. The highest BCUT2D eigenvalue weighted by molar-refractivity contribution is 6.31. The van der Waals surface area contributed by atoms with Crippen molar-refractivity contribution < 1.29 is 14.3 Å². The molecule has 1 aromatic heterocycles. The van der Waals surface area contributed by atoms with Crippen LogP contribution in [0.15, 0.2) is 24.3 Å². The molecular weight excluding hydrogens is 390 g/mol. The summed E-state index contributed by atoms with van der Waals surface area (Å²) in [5.74, 6) is -0.465. The summed E-state index contributed by atoms with van der Waals surface area (Å²) >= 11 is 5.78. The number of nitrogens with two attached hydrogens (primary N) is 1. The topological polar surface area (TPSA) is 97.2 Å². The van der Waals surface area contributed by atoms with Gasteiger partial charge in [0.05, 0.1) is 0 Å². The van der Waals surface area contributed by atoms with Gasteiger partial charge >= 0.3 is 6.09 Å². The standard InChI is InChI=1S/C13H25NO2.C9H7ClN2O/c1-4-10-13(2,3)16-12(15)14-11-8-6-5-7-9-11;10-6-1-2-7-5(3-6)4-8(12-7)9(11)13/h11H,4-10H2,1-3H3,(H,14,15);1-4,12H,(H2,11,13). The quantitative estimate of drug-likeness (QED) is 0.590. The predicted octanol–water partition coefficient (Wildman–Crippen LogP) is 5.54. The van der Waals surface area contributed by atoms with Crippen LogP contribution in [0, 0.1) is 0 Å². The highest BCUT2D eigenvalue weighted by atomic mass is 35.5. The lowest BCUT2D eigenvalue weighted by molar-refractivity contribution is 0.0295. The molecule has 1 aromatic carbocycles. The molecule has 2 aromatic rings. The van der Waals surface area contributed by atoms with E-state index in [9.17, 15) is 9.59 Å². The minimum atomic E-state index is -0.465. The first-order chi connectivity index (χ1) is 13.7. The molecule has 3 rings (SSSR count). The molecule has 0 saturated heterocycles. The Labute approximate surface area is 177 Å². The van der Waals surface area contributed by atoms with Crippen molar-refractivity contribution >= 4 is 34.5 Å². The Morgan fingerprint density at radius 3 is 2.55 bits per heavy atom. The van der Waals surface area contributed by atoms with Gasteiger partial charge in [0, 0.05) is 22.0 Å². The number of ether oxygens (including phenoxy) is 1. The molecule has 0 atom stereocenters. The average molecular weight is 422 g/mol. The number of fused-ring (bicyclic) bond motifs is 1. The molecule has 0 spiro atoms. The smallest absolute Gasteiger partial charge is 0.407 e. The molecule has 6 nitrogen and oxygen atoms in total. The number of primary amides is 1. The fraction of sp³-hybridized carbons (Fsp3) is 0.545. The van der Waals surface area contributed by atoms with Gasteiger partial charge in [-0.1, -0.05) is 44.2 Å². The highest BCUT2D eigenvalue weighted by Gasteiger charge is 2.23. The van der Waals surface area contributed by atoms with Crippen molar-refractivity contribution in [3.05, 3.63) is 35.0 Å². The third-order valence-corrected chi connectivity index (χ3v) is 5.23. The van der Waals surface area contributed by atoms with Crippen LogP contribution in [-0.2, 0) is 4.74 Å². The van der Waals surface area contributed by atoms with Gasteiger partial charge in [0.2, 0.25) is 0 Å². The Kier molecular flexibility index (Phi) is 8.38. The molecule has 160 valence electrons. The molecule has 4 N–H and O–H groups in total. The number of carbonyl (C=O) groups excluding carboxylic acids is 2. The molecule has 1 aliphatic carbocycles. The number of carbonyl (C=O) groups is 2. The number of halogens is 1. The summed E-state index contributed by atoms with van der Waals surface area (Å²) in [4.78, 5) is 25.4. The molecule has 1 aliphatic rings. The zero-order valence-electron chi connectivity index (χ0n) is 17.5. The van der Waals surface area contributed by atoms with Crippen molar-refractivity contribution in [2.45, 2.75) is 77.4 Å². The van der Waals surface area contributed by atoms with E-state index >= 15 is 0 Å². The normalized spacial score (nSPS) is 14.8. The number of H-pyrrole nitrogens is 1. The lowest BCUT2D eigenvalue weighted by Crippen LogP contribution is -2.40. The molecular formula is C22H32ClN3O3. The van der Waals surface area contributed by atoms with Crippen LogP contribution in [-0.4, -0.2) is 28.6 Å². The van der Waals surface area contributed by atoms with Crippen LogP contribution in [0.25, 0.3) is 10.9 Å². The van der Waals surface area contributed by atoms with Crippen LogP contribution in [0.3, 0.4) is 0 Å². The van der Waals surface area contributed by atoms with E-state index in [1.54, 1.807) is 18.2 Å². The first-order valence-electron chi connectivity index (χ1n) is 10.3. The zero-order chi connectivity index (χ0) is 21.4. The van der Waals surface area contributed by atoms with Crippen molar-refractivity contribution in [3.63, 3.8) is 0 Å². The van der Waals surface area contributed by atoms with Crippen LogP contribution >= 0.6 is 11.6 Å². The van der Waals surface area contributed by atoms with Gasteiger partial charge in [-0.15, -0.1) is 0 Å². The number of amides is 2. The van der Waals surface area contributed by atoms with Crippen molar-refractivity contribution in [1.29, 1.82) is 0 Å². The number of aromatic nitrogens is 1. The van der Waals surface area contributed by atoms with Crippen molar-refractivity contribution in [2.24, 2.45) is 5.73 Å². The number of hydrogen-bond acceptors (Lipinski definition) is 3. The lowest BCUT2D eigenvalue weighted by Gasteiger charge is -2.28. The molecule has 0 unspecified atom stereocenters. The van der Waals surface area contributed by atoms with Crippen molar-refractivity contribution in [2.75, 3.05) is 0 Å². The van der Waals surface area contributed by atoms with E-state index in [1.165, 1.54) is 19.3 Å². The maximum atomic E-state index is 11.7. The van der Waals surface area contributed by atoms with Crippen LogP contribution in [0.1, 0.15) is 76.2 Å². The summed E-state index contributed by atoms with van der Waals surface area (Å²) in [5, 5.41) is 4.50. The molecule has 0 bridgehead atoms. The fourth-order valence-corrected chi connectivity index (χ4v) is 3.76. The Bertz CT molecular complexity index is 826. The number of aromatic amines is 1. The molecule has 0 radical (unpaired) electrons. The highest BCUT2D eigenvalue weighted by Crippen LogP contribution is 2.20. The van der Waals surface area contributed by atoms with Gasteiger partial charge in [-0.3, -0.25) is 4.79 Å². The SMILES string of the molecule is CCCC(C)(C)OC(=O)NC1CCCCC1.NC(=O)c1cc2cc(Cl)ccc2[nH]1. The first kappa shape index (κ1) is 23.1. The van der Waals surface area contributed by atoms with E-state index in [4.69, 9.17) is 22.1 Å². The summed E-state index contributed by atoms with van der Waals surface area (Å²) in [6.07, 6.45) is 7.65. The average Bonchev–Trinajstić information content (AvgIpc) is 3.06. The van der Waals surface area contributed by atoms with E-state index < -0.39 is 5.91 Å². The third kappa shape index (κ3) is 7.61. The monoisotopic (exact) mass is 421 g/mol. The van der Waals surface area contributed by atoms with Gasteiger partial charge < -0.3 is 20.8 Å². The van der Waals surface area contributed by atoms with Gasteiger partial charge in [-0.2, -0.15) is 0 Å². The van der Waals surface area contributed by atoms with E-state index in [2.05, 4.69) is 17.2 Å². The van der Waals surface area contributed by atoms with Gasteiger partial charge in [0.15, 0.2) is 0 Å². The van der Waals surface area contributed by atoms with Gasteiger partial charge in [0.25, 0.3) is 5.91 Å². The molecule has 0 aliphatic heterocycles. The maximum absolute atomic E-state index is 11.7. The predicted molar refractivity (Wildman–Crippen MR) is 117 cm³/mol. The Morgan fingerprint density at radius 1 is 1.24 bits per heavy atom. The van der Waals surface area contributed by atoms with E-state index in [1.807, 2.05) is 19.9 Å². The summed E-state index contributed by atoms with van der Waals surface area (Å²) in [6, 6.07) is 7.36. The lowest BCUT2D eigenvalue weighted by atomic mass is 9.96. The second kappa shape index (κ2) is 10.5.